The van der Waals surface area contributed by atoms with Gasteiger partial charge in [-0.15, -0.1) is 0 Å². The van der Waals surface area contributed by atoms with Gasteiger partial charge in [-0.1, -0.05) is 24.3 Å². The molecule has 1 aliphatic rings. The second kappa shape index (κ2) is 8.65. The van der Waals surface area contributed by atoms with Crippen LogP contribution in [-0.4, -0.2) is 63.5 Å². The van der Waals surface area contributed by atoms with Crippen LogP contribution in [0.25, 0.3) is 0 Å². The highest BCUT2D eigenvalue weighted by Gasteiger charge is 2.25. The van der Waals surface area contributed by atoms with Gasteiger partial charge in [-0.25, -0.2) is 14.5 Å². The van der Waals surface area contributed by atoms with Gasteiger partial charge in [-0.05, 0) is 38.8 Å². The molecule has 1 aliphatic heterocycles. The molecule has 2 N–H and O–H groups in total. The van der Waals surface area contributed by atoms with Crippen molar-refractivity contribution in [1.82, 2.24) is 19.5 Å². The highest BCUT2D eigenvalue weighted by molar-refractivity contribution is 5.79. The molecule has 29 heavy (non-hydrogen) atoms. The molecule has 1 fully saturated rings. The van der Waals surface area contributed by atoms with Crippen molar-refractivity contribution in [1.29, 1.82) is 0 Å². The van der Waals surface area contributed by atoms with Crippen LogP contribution in [0.15, 0.2) is 35.6 Å². The van der Waals surface area contributed by atoms with Crippen molar-refractivity contribution in [3.05, 3.63) is 47.3 Å². The Bertz CT molecular complexity index is 858. The number of amides is 1. The number of ether oxygens (including phenoxy) is 1. The molecular formula is C21H30N6O2. The van der Waals surface area contributed by atoms with E-state index in [4.69, 9.17) is 10.5 Å². The van der Waals surface area contributed by atoms with E-state index < -0.39 is 5.60 Å². The fourth-order valence-electron chi connectivity index (χ4n) is 3.11. The van der Waals surface area contributed by atoms with Crippen molar-refractivity contribution in [2.75, 3.05) is 31.9 Å². The Morgan fingerprint density at radius 3 is 2.41 bits per heavy atom. The van der Waals surface area contributed by atoms with E-state index in [1.165, 1.54) is 5.56 Å². The van der Waals surface area contributed by atoms with Crippen LogP contribution in [0.2, 0.25) is 0 Å². The van der Waals surface area contributed by atoms with Crippen LogP contribution in [0.3, 0.4) is 0 Å². The van der Waals surface area contributed by atoms with Crippen molar-refractivity contribution in [2.45, 2.75) is 39.8 Å². The summed E-state index contributed by atoms with van der Waals surface area (Å²) in [7, 11) is 0. The number of carbonyl (C=O) groups is 1. The molecule has 0 saturated carbocycles. The number of hydrogen-bond acceptors (Lipinski definition) is 6. The summed E-state index contributed by atoms with van der Waals surface area (Å²) in [4.78, 5) is 20.4. The quantitative estimate of drug-likeness (QED) is 0.800. The van der Waals surface area contributed by atoms with E-state index in [2.05, 4.69) is 27.1 Å². The van der Waals surface area contributed by atoms with Crippen LogP contribution in [0.5, 0.6) is 0 Å². The number of imidazole rings is 1. The van der Waals surface area contributed by atoms with E-state index in [1.807, 2.05) is 39.8 Å². The zero-order valence-electron chi connectivity index (χ0n) is 17.6. The Kier molecular flexibility index (Phi) is 6.22. The molecule has 0 unspecified atom stereocenters. The summed E-state index contributed by atoms with van der Waals surface area (Å²) >= 11 is 0. The molecule has 1 aromatic heterocycles. The van der Waals surface area contributed by atoms with Crippen molar-refractivity contribution in [3.8, 4) is 0 Å². The Labute approximate surface area is 172 Å². The molecule has 0 aliphatic carbocycles. The Hall–Kier alpha value is -2.87. The standard InChI is InChI=1S/C21H30N6O2/c1-16-14-27(19(22)24-16)23-13-17-5-7-18(8-6-17)15-25-9-11-26(12-10-25)20(28)29-21(2,3)4/h5-8,13-14H,9-12,15H2,1-4H3,(H2,22,24). The number of hydrogen-bond donors (Lipinski definition) is 1. The van der Waals surface area contributed by atoms with E-state index in [-0.39, 0.29) is 6.09 Å². The fourth-order valence-corrected chi connectivity index (χ4v) is 3.11. The van der Waals surface area contributed by atoms with Gasteiger partial charge in [0.1, 0.15) is 5.60 Å². The summed E-state index contributed by atoms with van der Waals surface area (Å²) in [5.41, 5.74) is 8.39. The molecular weight excluding hydrogens is 368 g/mol. The molecule has 0 spiro atoms. The summed E-state index contributed by atoms with van der Waals surface area (Å²) in [5.74, 6) is 0.376. The molecule has 1 aromatic carbocycles. The predicted octanol–water partition coefficient (Wildman–Crippen LogP) is 2.71. The maximum atomic E-state index is 12.2. The van der Waals surface area contributed by atoms with Gasteiger partial charge in [0.2, 0.25) is 5.95 Å². The molecule has 3 rings (SSSR count). The monoisotopic (exact) mass is 398 g/mol. The van der Waals surface area contributed by atoms with E-state index >= 15 is 0 Å². The average Bonchev–Trinajstić information content (AvgIpc) is 2.97. The van der Waals surface area contributed by atoms with E-state index in [1.54, 1.807) is 22.0 Å². The van der Waals surface area contributed by atoms with Gasteiger partial charge in [0.25, 0.3) is 0 Å². The molecule has 8 heteroatoms. The Balaban J connectivity index is 1.49. The first-order chi connectivity index (χ1) is 13.7. The van der Waals surface area contributed by atoms with Crippen molar-refractivity contribution in [3.63, 3.8) is 0 Å². The molecule has 2 aromatic rings. The zero-order valence-corrected chi connectivity index (χ0v) is 17.6. The molecule has 0 bridgehead atoms. The summed E-state index contributed by atoms with van der Waals surface area (Å²) in [6.07, 6.45) is 3.33. The lowest BCUT2D eigenvalue weighted by atomic mass is 10.1. The number of aromatic nitrogens is 2. The lowest BCUT2D eigenvalue weighted by molar-refractivity contribution is 0.0139. The van der Waals surface area contributed by atoms with Crippen molar-refractivity contribution in [2.24, 2.45) is 5.10 Å². The van der Waals surface area contributed by atoms with Crippen LogP contribution in [0, 0.1) is 6.92 Å². The van der Waals surface area contributed by atoms with Gasteiger partial charge >= 0.3 is 6.09 Å². The van der Waals surface area contributed by atoms with Crippen LogP contribution in [0.1, 0.15) is 37.6 Å². The lowest BCUT2D eigenvalue weighted by Gasteiger charge is -2.35. The lowest BCUT2D eigenvalue weighted by Crippen LogP contribution is -2.49. The number of anilines is 1. The summed E-state index contributed by atoms with van der Waals surface area (Å²) in [5, 5.41) is 4.34. The first kappa shape index (κ1) is 20.9. The minimum atomic E-state index is -0.457. The minimum Gasteiger partial charge on any atom is -0.444 e. The van der Waals surface area contributed by atoms with Crippen LogP contribution in [0.4, 0.5) is 10.7 Å². The van der Waals surface area contributed by atoms with E-state index in [9.17, 15) is 4.79 Å². The number of piperazine rings is 1. The first-order valence-electron chi connectivity index (χ1n) is 9.85. The summed E-state index contributed by atoms with van der Waals surface area (Å²) in [6, 6.07) is 8.28. The van der Waals surface area contributed by atoms with Gasteiger partial charge in [-0.3, -0.25) is 4.90 Å². The summed E-state index contributed by atoms with van der Waals surface area (Å²) in [6.45, 7) is 11.4. The van der Waals surface area contributed by atoms with Crippen LogP contribution < -0.4 is 5.73 Å². The number of benzene rings is 1. The van der Waals surface area contributed by atoms with Crippen molar-refractivity contribution >= 4 is 18.3 Å². The molecule has 0 atom stereocenters. The number of aryl methyl sites for hydroxylation is 1. The number of nitrogen functional groups attached to an aromatic ring is 1. The van der Waals surface area contributed by atoms with Gasteiger partial charge in [0.05, 0.1) is 18.1 Å². The summed E-state index contributed by atoms with van der Waals surface area (Å²) < 4.78 is 7.01. The molecule has 1 saturated heterocycles. The third-order valence-electron chi connectivity index (χ3n) is 4.58. The average molecular weight is 399 g/mol. The third kappa shape index (κ3) is 6.05. The predicted molar refractivity (Wildman–Crippen MR) is 114 cm³/mol. The molecule has 2 heterocycles. The molecule has 8 nitrogen and oxygen atoms in total. The maximum Gasteiger partial charge on any atom is 0.410 e. The molecule has 0 radical (unpaired) electrons. The largest absolute Gasteiger partial charge is 0.444 e. The number of carbonyl (C=O) groups excluding carboxylic acids is 1. The highest BCUT2D eigenvalue weighted by Crippen LogP contribution is 2.14. The van der Waals surface area contributed by atoms with Crippen molar-refractivity contribution < 1.29 is 9.53 Å². The number of nitrogens with two attached hydrogens (primary N) is 1. The van der Waals surface area contributed by atoms with Crippen LogP contribution >= 0.6 is 0 Å². The second-order valence-corrected chi connectivity index (χ2v) is 8.31. The van der Waals surface area contributed by atoms with E-state index in [0.717, 1.165) is 30.9 Å². The van der Waals surface area contributed by atoms with Gasteiger partial charge in [0, 0.05) is 32.7 Å². The SMILES string of the molecule is Cc1cn(N=Cc2ccc(CN3CCN(C(=O)OC(C)(C)C)CC3)cc2)c(N)n1. The third-order valence-corrected chi connectivity index (χ3v) is 4.58. The Morgan fingerprint density at radius 1 is 1.21 bits per heavy atom. The molecule has 1 amide bonds. The highest BCUT2D eigenvalue weighted by atomic mass is 16.6. The number of nitrogens with zero attached hydrogens (tertiary/aromatic N) is 5. The maximum absolute atomic E-state index is 12.2. The zero-order chi connectivity index (χ0) is 21.0. The minimum absolute atomic E-state index is 0.227. The van der Waals surface area contributed by atoms with Crippen LogP contribution in [-0.2, 0) is 11.3 Å². The van der Waals surface area contributed by atoms with E-state index in [0.29, 0.717) is 19.0 Å². The van der Waals surface area contributed by atoms with Gasteiger partial charge in [-0.2, -0.15) is 5.10 Å². The molecule has 156 valence electrons. The number of rotatable bonds is 4. The fraction of sp³-hybridized carbons (Fsp3) is 0.476. The van der Waals surface area contributed by atoms with Gasteiger partial charge in [0.15, 0.2) is 0 Å². The normalized spacial score (nSPS) is 15.8. The second-order valence-electron chi connectivity index (χ2n) is 8.31. The van der Waals surface area contributed by atoms with Gasteiger partial charge < -0.3 is 15.4 Å². The Morgan fingerprint density at radius 2 is 1.86 bits per heavy atom. The smallest absolute Gasteiger partial charge is 0.410 e. The topological polar surface area (TPSA) is 89.0 Å². The first-order valence-corrected chi connectivity index (χ1v) is 9.85.